The second-order valence-electron chi connectivity index (χ2n) is 4.86. The van der Waals surface area contributed by atoms with Gasteiger partial charge in [0.25, 0.3) is 0 Å². The molecule has 1 amide bonds. The third-order valence-corrected chi connectivity index (χ3v) is 3.55. The summed E-state index contributed by atoms with van der Waals surface area (Å²) >= 11 is 0. The Morgan fingerprint density at radius 3 is 2.33 bits per heavy atom. The van der Waals surface area contributed by atoms with Gasteiger partial charge in [-0.15, -0.1) is 0 Å². The van der Waals surface area contributed by atoms with E-state index >= 15 is 0 Å². The van der Waals surface area contributed by atoms with E-state index in [4.69, 9.17) is 0 Å². The fourth-order valence-electron chi connectivity index (χ4n) is 2.50. The molecule has 2 rings (SSSR count). The SMILES string of the molecule is O=C(O)N(Cc1ccccc1)C1CCC(O)CC1. The summed E-state index contributed by atoms with van der Waals surface area (Å²) in [5.74, 6) is 0. The van der Waals surface area contributed by atoms with Gasteiger partial charge in [-0.2, -0.15) is 0 Å². The molecule has 1 fully saturated rings. The van der Waals surface area contributed by atoms with Crippen molar-refractivity contribution in [2.75, 3.05) is 0 Å². The Hall–Kier alpha value is -1.55. The molecule has 1 aromatic rings. The molecule has 0 unspecified atom stereocenters. The molecule has 1 saturated carbocycles. The number of carbonyl (C=O) groups is 1. The van der Waals surface area contributed by atoms with Crippen molar-refractivity contribution in [1.29, 1.82) is 0 Å². The highest BCUT2D eigenvalue weighted by molar-refractivity contribution is 5.65. The Morgan fingerprint density at radius 2 is 1.78 bits per heavy atom. The van der Waals surface area contributed by atoms with E-state index in [1.807, 2.05) is 30.3 Å². The summed E-state index contributed by atoms with van der Waals surface area (Å²) in [6.45, 7) is 0.428. The van der Waals surface area contributed by atoms with E-state index < -0.39 is 6.09 Å². The van der Waals surface area contributed by atoms with Crippen LogP contribution >= 0.6 is 0 Å². The lowest BCUT2D eigenvalue weighted by molar-refractivity contribution is 0.0659. The molecule has 4 nitrogen and oxygen atoms in total. The number of amides is 1. The molecule has 4 heteroatoms. The van der Waals surface area contributed by atoms with E-state index in [9.17, 15) is 15.0 Å². The molecule has 98 valence electrons. The van der Waals surface area contributed by atoms with Crippen LogP contribution in [0.1, 0.15) is 31.2 Å². The van der Waals surface area contributed by atoms with E-state index in [0.717, 1.165) is 18.4 Å². The van der Waals surface area contributed by atoms with Gasteiger partial charge < -0.3 is 15.1 Å². The average molecular weight is 249 g/mol. The molecule has 1 aliphatic rings. The second-order valence-corrected chi connectivity index (χ2v) is 4.86. The molecule has 0 aromatic heterocycles. The Kier molecular flexibility index (Phi) is 4.20. The van der Waals surface area contributed by atoms with Crippen molar-refractivity contribution in [3.05, 3.63) is 35.9 Å². The molecule has 18 heavy (non-hydrogen) atoms. The van der Waals surface area contributed by atoms with Crippen molar-refractivity contribution < 1.29 is 15.0 Å². The van der Waals surface area contributed by atoms with E-state index in [0.29, 0.717) is 19.4 Å². The van der Waals surface area contributed by atoms with E-state index in [2.05, 4.69) is 0 Å². The topological polar surface area (TPSA) is 60.8 Å². The zero-order chi connectivity index (χ0) is 13.0. The van der Waals surface area contributed by atoms with Crippen LogP contribution in [0.4, 0.5) is 4.79 Å². The molecule has 1 aliphatic carbocycles. The normalized spacial score (nSPS) is 23.6. The van der Waals surface area contributed by atoms with Gasteiger partial charge in [0.15, 0.2) is 0 Å². The molecule has 0 radical (unpaired) electrons. The number of aliphatic hydroxyl groups is 1. The minimum atomic E-state index is -0.875. The first kappa shape index (κ1) is 12.9. The summed E-state index contributed by atoms with van der Waals surface area (Å²) in [4.78, 5) is 12.8. The molecule has 0 atom stereocenters. The lowest BCUT2D eigenvalue weighted by Gasteiger charge is -2.33. The Labute approximate surface area is 107 Å². The zero-order valence-electron chi connectivity index (χ0n) is 10.3. The number of hydrogen-bond donors (Lipinski definition) is 2. The van der Waals surface area contributed by atoms with Crippen molar-refractivity contribution in [1.82, 2.24) is 4.90 Å². The van der Waals surface area contributed by atoms with Gasteiger partial charge in [-0.05, 0) is 31.2 Å². The van der Waals surface area contributed by atoms with Crippen molar-refractivity contribution in [3.63, 3.8) is 0 Å². The summed E-state index contributed by atoms with van der Waals surface area (Å²) in [5.41, 5.74) is 1.01. The zero-order valence-corrected chi connectivity index (χ0v) is 10.3. The average Bonchev–Trinajstić information content (AvgIpc) is 2.38. The molecular formula is C14H19NO3. The van der Waals surface area contributed by atoms with Crippen molar-refractivity contribution in [2.45, 2.75) is 44.4 Å². The molecule has 0 heterocycles. The van der Waals surface area contributed by atoms with E-state index in [1.165, 1.54) is 4.90 Å². The maximum atomic E-state index is 11.3. The molecule has 0 saturated heterocycles. The van der Waals surface area contributed by atoms with Crippen molar-refractivity contribution in [2.24, 2.45) is 0 Å². The maximum absolute atomic E-state index is 11.3. The van der Waals surface area contributed by atoms with Crippen LogP contribution in [-0.2, 0) is 6.54 Å². The maximum Gasteiger partial charge on any atom is 0.407 e. The van der Waals surface area contributed by atoms with Gasteiger partial charge in [0.05, 0.1) is 6.10 Å². The monoisotopic (exact) mass is 249 g/mol. The Balaban J connectivity index is 2.02. The van der Waals surface area contributed by atoms with E-state index in [-0.39, 0.29) is 12.1 Å². The number of aliphatic hydroxyl groups excluding tert-OH is 1. The quantitative estimate of drug-likeness (QED) is 0.865. The first-order valence-corrected chi connectivity index (χ1v) is 6.38. The summed E-state index contributed by atoms with van der Waals surface area (Å²) in [6, 6.07) is 9.67. The number of hydrogen-bond acceptors (Lipinski definition) is 2. The summed E-state index contributed by atoms with van der Waals surface area (Å²) in [6.07, 6.45) is 1.77. The van der Waals surface area contributed by atoms with Crippen molar-refractivity contribution >= 4 is 6.09 Å². The van der Waals surface area contributed by atoms with Crippen LogP contribution in [0.2, 0.25) is 0 Å². The number of benzene rings is 1. The van der Waals surface area contributed by atoms with Crippen molar-refractivity contribution in [3.8, 4) is 0 Å². The molecule has 2 N–H and O–H groups in total. The van der Waals surface area contributed by atoms with Gasteiger partial charge in [-0.1, -0.05) is 30.3 Å². The molecule has 0 spiro atoms. The minimum Gasteiger partial charge on any atom is -0.465 e. The minimum absolute atomic E-state index is 0.0334. The highest BCUT2D eigenvalue weighted by Crippen LogP contribution is 2.24. The smallest absolute Gasteiger partial charge is 0.407 e. The third kappa shape index (κ3) is 3.23. The number of carboxylic acid groups (broad SMARTS) is 1. The van der Waals surface area contributed by atoms with Crippen LogP contribution < -0.4 is 0 Å². The number of nitrogens with zero attached hydrogens (tertiary/aromatic N) is 1. The lowest BCUT2D eigenvalue weighted by Crippen LogP contribution is -2.41. The van der Waals surface area contributed by atoms with Gasteiger partial charge in [0, 0.05) is 12.6 Å². The predicted octanol–water partition coefficient (Wildman–Crippen LogP) is 2.47. The fourth-order valence-corrected chi connectivity index (χ4v) is 2.50. The van der Waals surface area contributed by atoms with Gasteiger partial charge in [-0.25, -0.2) is 4.79 Å². The van der Waals surface area contributed by atoms with Gasteiger partial charge in [-0.3, -0.25) is 0 Å². The second kappa shape index (κ2) is 5.87. The van der Waals surface area contributed by atoms with Gasteiger partial charge in [0.2, 0.25) is 0 Å². The molecule has 1 aromatic carbocycles. The molecular weight excluding hydrogens is 230 g/mol. The van der Waals surface area contributed by atoms with Gasteiger partial charge >= 0.3 is 6.09 Å². The van der Waals surface area contributed by atoms with Crippen LogP contribution in [0.3, 0.4) is 0 Å². The standard InChI is InChI=1S/C14H19NO3/c16-13-8-6-12(7-9-13)15(14(17)18)10-11-4-2-1-3-5-11/h1-5,12-13,16H,6-10H2,(H,17,18). The fraction of sp³-hybridized carbons (Fsp3) is 0.500. The van der Waals surface area contributed by atoms with E-state index in [1.54, 1.807) is 0 Å². The van der Waals surface area contributed by atoms with Crippen LogP contribution in [0, 0.1) is 0 Å². The van der Waals surface area contributed by atoms with Gasteiger partial charge in [0.1, 0.15) is 0 Å². The molecule has 0 aliphatic heterocycles. The van der Waals surface area contributed by atoms with Crippen LogP contribution in [-0.4, -0.2) is 33.4 Å². The van der Waals surface area contributed by atoms with Crippen LogP contribution in [0.5, 0.6) is 0 Å². The Morgan fingerprint density at radius 1 is 1.17 bits per heavy atom. The first-order chi connectivity index (χ1) is 8.66. The predicted molar refractivity (Wildman–Crippen MR) is 68.3 cm³/mol. The first-order valence-electron chi connectivity index (χ1n) is 6.38. The Bertz CT molecular complexity index is 385. The number of rotatable bonds is 3. The summed E-state index contributed by atoms with van der Waals surface area (Å²) < 4.78 is 0. The van der Waals surface area contributed by atoms with Crippen LogP contribution in [0.15, 0.2) is 30.3 Å². The summed E-state index contributed by atoms with van der Waals surface area (Å²) in [5, 5.41) is 18.8. The highest BCUT2D eigenvalue weighted by atomic mass is 16.4. The third-order valence-electron chi connectivity index (χ3n) is 3.55. The lowest BCUT2D eigenvalue weighted by atomic mass is 9.92. The highest BCUT2D eigenvalue weighted by Gasteiger charge is 2.27. The molecule has 0 bridgehead atoms. The largest absolute Gasteiger partial charge is 0.465 e. The van der Waals surface area contributed by atoms with Crippen LogP contribution in [0.25, 0.3) is 0 Å². The summed E-state index contributed by atoms with van der Waals surface area (Å²) in [7, 11) is 0.